The van der Waals surface area contributed by atoms with Crippen LogP contribution < -0.4 is 4.90 Å². The molecule has 0 aliphatic heterocycles. The van der Waals surface area contributed by atoms with Crippen LogP contribution in [-0.2, 0) is 11.3 Å². The molecule has 31 heavy (non-hydrogen) atoms. The molecule has 5 nitrogen and oxygen atoms in total. The summed E-state index contributed by atoms with van der Waals surface area (Å²) < 4.78 is 7.38. The fourth-order valence-electron chi connectivity index (χ4n) is 4.78. The number of anilines is 1. The summed E-state index contributed by atoms with van der Waals surface area (Å²) in [5.41, 5.74) is 5.08. The second-order valence-electron chi connectivity index (χ2n) is 8.63. The molecule has 0 radical (unpaired) electrons. The molecule has 4 rings (SSSR count). The fourth-order valence-corrected chi connectivity index (χ4v) is 4.78. The molecule has 0 atom stereocenters. The van der Waals surface area contributed by atoms with Gasteiger partial charge in [-0.3, -0.25) is 0 Å². The molecule has 1 saturated carbocycles. The number of ether oxygens (including phenoxy) is 1. The Bertz CT molecular complexity index is 1050. The minimum atomic E-state index is -0.320. The van der Waals surface area contributed by atoms with Crippen molar-refractivity contribution in [2.75, 3.05) is 18.6 Å². The number of rotatable bonds is 6. The van der Waals surface area contributed by atoms with Crippen LogP contribution in [0.2, 0.25) is 0 Å². The van der Waals surface area contributed by atoms with Crippen molar-refractivity contribution in [2.24, 2.45) is 0 Å². The highest BCUT2D eigenvalue weighted by molar-refractivity contribution is 5.94. The summed E-state index contributed by atoms with van der Waals surface area (Å²) in [6.45, 7) is 6.01. The molecular weight excluding hydrogens is 386 g/mol. The molecule has 164 valence electrons. The maximum atomic E-state index is 12.1. The maximum absolute atomic E-state index is 12.1. The smallest absolute Gasteiger partial charge is 0.337 e. The Kier molecular flexibility index (Phi) is 6.59. The van der Waals surface area contributed by atoms with Gasteiger partial charge in [-0.25, -0.2) is 9.78 Å². The van der Waals surface area contributed by atoms with Crippen molar-refractivity contribution in [2.45, 2.75) is 65.0 Å². The minimum Gasteiger partial charge on any atom is -0.465 e. The molecule has 5 heteroatoms. The molecule has 0 N–H and O–H groups in total. The number of hydrogen-bond donors (Lipinski definition) is 0. The quantitative estimate of drug-likeness (QED) is 0.360. The number of methoxy groups -OCH3 is 1. The summed E-state index contributed by atoms with van der Waals surface area (Å²) in [5, 5.41) is 0. The molecule has 0 bridgehead atoms. The van der Waals surface area contributed by atoms with Gasteiger partial charge in [0.05, 0.1) is 23.7 Å². The zero-order valence-corrected chi connectivity index (χ0v) is 18.9. The van der Waals surface area contributed by atoms with E-state index in [0.29, 0.717) is 11.6 Å². The van der Waals surface area contributed by atoms with Gasteiger partial charge in [0.25, 0.3) is 0 Å². The topological polar surface area (TPSA) is 47.4 Å². The van der Waals surface area contributed by atoms with Gasteiger partial charge in [0.15, 0.2) is 0 Å². The van der Waals surface area contributed by atoms with Gasteiger partial charge in [0, 0.05) is 19.1 Å². The summed E-state index contributed by atoms with van der Waals surface area (Å²) in [5.74, 6) is 0.687. The van der Waals surface area contributed by atoms with Crippen molar-refractivity contribution in [3.05, 3.63) is 59.2 Å². The predicted octanol–water partition coefficient (Wildman–Crippen LogP) is 6.05. The van der Waals surface area contributed by atoms with Crippen LogP contribution in [0.3, 0.4) is 0 Å². The van der Waals surface area contributed by atoms with Crippen molar-refractivity contribution in [3.8, 4) is 0 Å². The molecular formula is C26H33N3O2. The van der Waals surface area contributed by atoms with Gasteiger partial charge in [-0.1, -0.05) is 55.5 Å². The zero-order chi connectivity index (χ0) is 21.8. The summed E-state index contributed by atoms with van der Waals surface area (Å²) in [4.78, 5) is 19.5. The van der Waals surface area contributed by atoms with Crippen LogP contribution in [0.15, 0.2) is 42.5 Å². The number of carbonyl (C=O) groups is 1. The van der Waals surface area contributed by atoms with Crippen molar-refractivity contribution < 1.29 is 9.53 Å². The van der Waals surface area contributed by atoms with Crippen molar-refractivity contribution in [1.29, 1.82) is 0 Å². The lowest BCUT2D eigenvalue weighted by Crippen LogP contribution is -2.27. The van der Waals surface area contributed by atoms with Crippen LogP contribution in [0, 0.1) is 6.92 Å². The molecule has 1 fully saturated rings. The lowest BCUT2D eigenvalue weighted by molar-refractivity contribution is 0.0601. The number of aryl methyl sites for hydroxylation is 1. The number of aromatic nitrogens is 2. The van der Waals surface area contributed by atoms with Crippen molar-refractivity contribution >= 4 is 23.0 Å². The first kappa shape index (κ1) is 21.4. The first-order valence-corrected chi connectivity index (χ1v) is 11.5. The van der Waals surface area contributed by atoms with Gasteiger partial charge in [0.2, 0.25) is 5.95 Å². The summed E-state index contributed by atoms with van der Waals surface area (Å²) in [6.07, 6.45) is 7.50. The van der Waals surface area contributed by atoms with E-state index in [4.69, 9.17) is 9.72 Å². The number of nitrogens with zero attached hydrogens (tertiary/aromatic N) is 3. The summed E-state index contributed by atoms with van der Waals surface area (Å²) >= 11 is 0. The monoisotopic (exact) mass is 419 g/mol. The average Bonchev–Trinajstić information content (AvgIpc) is 2.95. The Hall–Kier alpha value is -2.82. The number of benzene rings is 2. The highest BCUT2D eigenvalue weighted by atomic mass is 16.5. The van der Waals surface area contributed by atoms with Gasteiger partial charge < -0.3 is 14.2 Å². The summed E-state index contributed by atoms with van der Waals surface area (Å²) in [6, 6.07) is 14.9. The SMILES string of the molecule is CCN(Cc1cccc(C)c1)c1nc2cc(C(=O)OC)ccc2n1C1CCCCCC1. The molecule has 3 aromatic rings. The standard InChI is InChI=1S/C26H33N3O2/c1-4-28(18-20-11-9-10-19(2)16-20)26-27-23-17-21(25(30)31-3)14-15-24(23)29(26)22-12-7-5-6-8-13-22/h9-11,14-17,22H,4-8,12-13,18H2,1-3H3. The van der Waals surface area contributed by atoms with Crippen LogP contribution in [-0.4, -0.2) is 29.2 Å². The minimum absolute atomic E-state index is 0.320. The second kappa shape index (κ2) is 9.54. The lowest BCUT2D eigenvalue weighted by Gasteiger charge is -2.27. The molecule has 0 unspecified atom stereocenters. The van der Waals surface area contributed by atoms with E-state index in [1.807, 2.05) is 18.2 Å². The third-order valence-electron chi connectivity index (χ3n) is 6.40. The Morgan fingerprint density at radius 1 is 1.13 bits per heavy atom. The van der Waals surface area contributed by atoms with Crippen LogP contribution in [0.25, 0.3) is 11.0 Å². The number of carbonyl (C=O) groups excluding carboxylic acids is 1. The van der Waals surface area contributed by atoms with Crippen molar-refractivity contribution in [1.82, 2.24) is 9.55 Å². The molecule has 1 aromatic heterocycles. The van der Waals surface area contributed by atoms with E-state index in [1.54, 1.807) is 0 Å². The third-order valence-corrected chi connectivity index (χ3v) is 6.40. The third kappa shape index (κ3) is 4.60. The first-order valence-electron chi connectivity index (χ1n) is 11.5. The number of fused-ring (bicyclic) bond motifs is 1. The highest BCUT2D eigenvalue weighted by Gasteiger charge is 2.24. The fraction of sp³-hybridized carbons (Fsp3) is 0.462. The second-order valence-corrected chi connectivity index (χ2v) is 8.63. The summed E-state index contributed by atoms with van der Waals surface area (Å²) in [7, 11) is 1.42. The average molecular weight is 420 g/mol. The Balaban J connectivity index is 1.80. The maximum Gasteiger partial charge on any atom is 0.337 e. The Morgan fingerprint density at radius 2 is 1.90 bits per heavy atom. The van der Waals surface area contributed by atoms with E-state index in [2.05, 4.69) is 47.6 Å². The molecule has 1 aliphatic rings. The van der Waals surface area contributed by atoms with E-state index < -0.39 is 0 Å². The highest BCUT2D eigenvalue weighted by Crippen LogP contribution is 2.35. The van der Waals surface area contributed by atoms with Gasteiger partial charge in [0.1, 0.15) is 0 Å². The van der Waals surface area contributed by atoms with Crippen LogP contribution in [0.5, 0.6) is 0 Å². The number of imidazole rings is 1. The molecule has 1 aliphatic carbocycles. The van der Waals surface area contributed by atoms with E-state index >= 15 is 0 Å². The molecule has 0 amide bonds. The van der Waals surface area contributed by atoms with Crippen LogP contribution in [0.4, 0.5) is 5.95 Å². The first-order chi connectivity index (χ1) is 15.1. The largest absolute Gasteiger partial charge is 0.465 e. The van der Waals surface area contributed by atoms with E-state index in [9.17, 15) is 4.79 Å². The van der Waals surface area contributed by atoms with Gasteiger partial charge in [-0.05, 0) is 50.5 Å². The van der Waals surface area contributed by atoms with Gasteiger partial charge in [-0.2, -0.15) is 0 Å². The van der Waals surface area contributed by atoms with Crippen LogP contribution >= 0.6 is 0 Å². The zero-order valence-electron chi connectivity index (χ0n) is 18.9. The molecule has 0 saturated heterocycles. The normalized spacial score (nSPS) is 15.1. The van der Waals surface area contributed by atoms with Crippen LogP contribution in [0.1, 0.15) is 73.0 Å². The molecule has 1 heterocycles. The van der Waals surface area contributed by atoms with Gasteiger partial charge >= 0.3 is 5.97 Å². The Labute approximate surface area is 185 Å². The van der Waals surface area contributed by atoms with E-state index in [-0.39, 0.29) is 5.97 Å². The van der Waals surface area contributed by atoms with Gasteiger partial charge in [-0.15, -0.1) is 0 Å². The molecule has 0 spiro atoms. The lowest BCUT2D eigenvalue weighted by atomic mass is 10.1. The number of hydrogen-bond acceptors (Lipinski definition) is 4. The van der Waals surface area contributed by atoms with E-state index in [0.717, 1.165) is 30.1 Å². The Morgan fingerprint density at radius 3 is 2.58 bits per heavy atom. The van der Waals surface area contributed by atoms with E-state index in [1.165, 1.54) is 56.8 Å². The number of esters is 1. The van der Waals surface area contributed by atoms with Crippen molar-refractivity contribution in [3.63, 3.8) is 0 Å². The predicted molar refractivity (Wildman–Crippen MR) is 126 cm³/mol. The molecule has 2 aromatic carbocycles.